The van der Waals surface area contributed by atoms with Crippen LogP contribution in [0.2, 0.25) is 0 Å². The zero-order chi connectivity index (χ0) is 31.4. The molecule has 9 nitrogen and oxygen atoms in total. The summed E-state index contributed by atoms with van der Waals surface area (Å²) in [5, 5.41) is 3.76. The number of carbonyl (C=O) groups is 3. The van der Waals surface area contributed by atoms with Gasteiger partial charge in [-0.15, -0.1) is 0 Å². The van der Waals surface area contributed by atoms with Crippen LogP contribution in [0.4, 0.5) is 10.1 Å². The summed E-state index contributed by atoms with van der Waals surface area (Å²) in [7, 11) is 1.75. The molecule has 5 rings (SSSR count). The van der Waals surface area contributed by atoms with Crippen LogP contribution < -0.4 is 11.1 Å². The number of fused-ring (bicyclic) bond motifs is 1. The van der Waals surface area contributed by atoms with E-state index in [2.05, 4.69) is 5.32 Å². The van der Waals surface area contributed by atoms with Crippen molar-refractivity contribution < 1.29 is 32.7 Å². The van der Waals surface area contributed by atoms with E-state index in [-0.39, 0.29) is 47.4 Å². The van der Waals surface area contributed by atoms with E-state index in [1.807, 2.05) is 18.7 Å². The van der Waals surface area contributed by atoms with Crippen LogP contribution in [0.1, 0.15) is 82.2 Å². The number of nitrogens with zero attached hydrogens (tertiary/aromatic N) is 1. The molecule has 10 heteroatoms. The Labute approximate surface area is 259 Å². The van der Waals surface area contributed by atoms with Crippen LogP contribution in [0.15, 0.2) is 28.7 Å². The van der Waals surface area contributed by atoms with Crippen molar-refractivity contribution in [3.63, 3.8) is 0 Å². The van der Waals surface area contributed by atoms with Gasteiger partial charge >= 0.3 is 5.97 Å². The highest BCUT2D eigenvalue weighted by molar-refractivity contribution is 6.00. The van der Waals surface area contributed by atoms with Crippen LogP contribution in [0, 0.1) is 29.6 Å². The molecule has 2 aliphatic carbocycles. The Bertz CT molecular complexity index is 1300. The summed E-state index contributed by atoms with van der Waals surface area (Å²) in [4.78, 5) is 42.3. The zero-order valence-corrected chi connectivity index (χ0v) is 26.3. The van der Waals surface area contributed by atoms with Gasteiger partial charge in [-0.25, -0.2) is 9.18 Å². The number of benzene rings is 1. The number of furan rings is 1. The van der Waals surface area contributed by atoms with Gasteiger partial charge in [-0.1, -0.05) is 13.8 Å². The van der Waals surface area contributed by atoms with Crippen molar-refractivity contribution in [2.24, 2.45) is 35.3 Å². The van der Waals surface area contributed by atoms with Crippen LogP contribution in [0.25, 0.3) is 11.0 Å². The van der Waals surface area contributed by atoms with Crippen molar-refractivity contribution in [2.45, 2.75) is 89.8 Å². The van der Waals surface area contributed by atoms with Crippen molar-refractivity contribution in [3.8, 4) is 0 Å². The fourth-order valence-electron chi connectivity index (χ4n) is 7.55. The molecule has 1 aromatic carbocycles. The number of ether oxygens (including phenoxy) is 2. The second-order valence-electron chi connectivity index (χ2n) is 13.5. The van der Waals surface area contributed by atoms with Gasteiger partial charge in [0.2, 0.25) is 17.6 Å². The minimum atomic E-state index is -0.570. The maximum absolute atomic E-state index is 14.1. The van der Waals surface area contributed by atoms with E-state index in [9.17, 15) is 18.8 Å². The van der Waals surface area contributed by atoms with Crippen LogP contribution in [-0.4, -0.2) is 67.8 Å². The summed E-state index contributed by atoms with van der Waals surface area (Å²) in [5.74, 6) is -0.0355. The highest BCUT2D eigenvalue weighted by Crippen LogP contribution is 2.42. The Hall–Kier alpha value is -2.98. The first-order chi connectivity index (χ1) is 21.2. The Kier molecular flexibility index (Phi) is 10.6. The molecule has 44 heavy (non-hydrogen) atoms. The molecule has 3 aliphatic rings. The van der Waals surface area contributed by atoms with E-state index in [1.165, 1.54) is 0 Å². The van der Waals surface area contributed by atoms with Crippen molar-refractivity contribution in [1.29, 1.82) is 0 Å². The number of likely N-dealkylation sites (tertiary alicyclic amines) is 1. The normalized spacial score (nSPS) is 28.3. The van der Waals surface area contributed by atoms with Gasteiger partial charge in [0.15, 0.2) is 0 Å². The zero-order valence-electron chi connectivity index (χ0n) is 26.3. The van der Waals surface area contributed by atoms with E-state index < -0.39 is 24.7 Å². The second kappa shape index (κ2) is 14.4. The van der Waals surface area contributed by atoms with Gasteiger partial charge in [-0.05, 0) is 106 Å². The van der Waals surface area contributed by atoms with Crippen molar-refractivity contribution in [2.75, 3.05) is 32.3 Å². The lowest BCUT2D eigenvalue weighted by Gasteiger charge is -2.37. The molecule has 1 aliphatic heterocycles. The van der Waals surface area contributed by atoms with Crippen LogP contribution in [-0.2, 0) is 19.1 Å². The lowest BCUT2D eigenvalue weighted by molar-refractivity contribution is -0.142. The smallest absolute Gasteiger partial charge is 0.374 e. The predicted molar refractivity (Wildman–Crippen MR) is 166 cm³/mol. The average Bonchev–Trinajstić information content (AvgIpc) is 3.68. The lowest BCUT2D eigenvalue weighted by Crippen LogP contribution is -2.50. The molecule has 0 bridgehead atoms. The molecule has 2 heterocycles. The summed E-state index contributed by atoms with van der Waals surface area (Å²) in [5.41, 5.74) is 7.06. The first kappa shape index (κ1) is 32.4. The Balaban J connectivity index is 1.32. The van der Waals surface area contributed by atoms with Crippen LogP contribution in [0.5, 0.6) is 0 Å². The van der Waals surface area contributed by atoms with Crippen molar-refractivity contribution in [1.82, 2.24) is 4.90 Å². The highest BCUT2D eigenvalue weighted by atomic mass is 19.1. The standard InChI is InChI=1S/C34H48FN3O6/c1-20(2)19-43-34(41)30-17-24-16-25(10-13-29(24)44-30)37-32(39)31-27(21-8-11-26(42-3)12-9-21)14-15-38(31)33(40)23-6-4-22(5-7-23)28(36)18-35/h10,13,16-17,20-23,26-28,31H,4-9,11-12,14-15,18-19,36H2,1-3H3,(H,37,39)/t21?,22?,23?,26?,27-,28+,31-/m0/s1. The van der Waals surface area contributed by atoms with Gasteiger partial charge < -0.3 is 29.8 Å². The third-order valence-electron chi connectivity index (χ3n) is 10.1. The molecule has 1 aromatic heterocycles. The van der Waals surface area contributed by atoms with E-state index >= 15 is 0 Å². The molecule has 242 valence electrons. The van der Waals surface area contributed by atoms with Gasteiger partial charge in [0, 0.05) is 36.7 Å². The molecule has 3 atom stereocenters. The van der Waals surface area contributed by atoms with Gasteiger partial charge in [0.25, 0.3) is 0 Å². The predicted octanol–water partition coefficient (Wildman–Crippen LogP) is 5.71. The molecule has 2 amide bonds. The second-order valence-corrected chi connectivity index (χ2v) is 13.5. The maximum atomic E-state index is 14.1. The van der Waals surface area contributed by atoms with Crippen molar-refractivity contribution in [3.05, 3.63) is 30.0 Å². The van der Waals surface area contributed by atoms with Crippen molar-refractivity contribution >= 4 is 34.4 Å². The average molecular weight is 614 g/mol. The van der Waals surface area contributed by atoms with E-state index in [0.717, 1.165) is 44.9 Å². The highest BCUT2D eigenvalue weighted by Gasteiger charge is 2.47. The number of rotatable bonds is 10. The summed E-state index contributed by atoms with van der Waals surface area (Å²) < 4.78 is 29.8. The minimum Gasteiger partial charge on any atom is -0.460 e. The number of carbonyl (C=O) groups excluding carboxylic acids is 3. The number of nitrogens with two attached hydrogens (primary N) is 1. The monoisotopic (exact) mass is 613 g/mol. The number of methoxy groups -OCH3 is 1. The van der Waals surface area contributed by atoms with Gasteiger partial charge in [-0.2, -0.15) is 0 Å². The summed E-state index contributed by atoms with van der Waals surface area (Å²) >= 11 is 0. The summed E-state index contributed by atoms with van der Waals surface area (Å²) in [6.45, 7) is 4.24. The van der Waals surface area contributed by atoms with E-state index in [4.69, 9.17) is 19.6 Å². The number of hydrogen-bond acceptors (Lipinski definition) is 7. The third-order valence-corrected chi connectivity index (χ3v) is 10.1. The largest absolute Gasteiger partial charge is 0.460 e. The molecular weight excluding hydrogens is 565 g/mol. The Morgan fingerprint density at radius 2 is 1.77 bits per heavy atom. The molecular formula is C34H48FN3O6. The number of amides is 2. The van der Waals surface area contributed by atoms with Crippen LogP contribution >= 0.6 is 0 Å². The minimum absolute atomic E-state index is 0.0281. The van der Waals surface area contributed by atoms with Crippen LogP contribution in [0.3, 0.4) is 0 Å². The maximum Gasteiger partial charge on any atom is 0.374 e. The number of nitrogens with one attached hydrogen (secondary N) is 1. The molecule has 2 aromatic rings. The third kappa shape index (κ3) is 7.28. The fraction of sp³-hybridized carbons (Fsp3) is 0.676. The molecule has 1 saturated heterocycles. The number of anilines is 1. The lowest BCUT2D eigenvalue weighted by atomic mass is 9.75. The first-order valence-corrected chi connectivity index (χ1v) is 16.3. The van der Waals surface area contributed by atoms with E-state index in [0.29, 0.717) is 48.6 Å². The fourth-order valence-corrected chi connectivity index (χ4v) is 7.55. The summed E-state index contributed by atoms with van der Waals surface area (Å²) in [6.07, 6.45) is 7.69. The molecule has 0 spiro atoms. The Morgan fingerprint density at radius 1 is 1.05 bits per heavy atom. The number of halogens is 1. The quantitative estimate of drug-likeness (QED) is 0.329. The SMILES string of the molecule is COC1CCC([C@@H]2CCN(C(=O)C3CCC([C@H](N)CF)CC3)[C@@H]2C(=O)Nc2ccc3oc(C(=O)OCC(C)C)cc3c2)CC1. The molecule has 3 N–H and O–H groups in total. The number of alkyl halides is 1. The molecule has 3 fully saturated rings. The number of hydrogen-bond donors (Lipinski definition) is 2. The molecule has 0 radical (unpaired) electrons. The number of esters is 1. The Morgan fingerprint density at radius 3 is 2.43 bits per heavy atom. The molecule has 0 unspecified atom stereocenters. The van der Waals surface area contributed by atoms with Gasteiger partial charge in [0.1, 0.15) is 18.3 Å². The van der Waals surface area contributed by atoms with Gasteiger partial charge in [0.05, 0.1) is 12.7 Å². The summed E-state index contributed by atoms with van der Waals surface area (Å²) in [6, 6.07) is 5.84. The molecule has 2 saturated carbocycles. The van der Waals surface area contributed by atoms with Gasteiger partial charge in [-0.3, -0.25) is 9.59 Å². The first-order valence-electron chi connectivity index (χ1n) is 16.3. The van der Waals surface area contributed by atoms with E-state index in [1.54, 1.807) is 31.4 Å². The topological polar surface area (TPSA) is 124 Å².